The average Bonchev–Trinajstić information content (AvgIpc) is 3.20. The lowest BCUT2D eigenvalue weighted by Crippen LogP contribution is -2.54. The van der Waals surface area contributed by atoms with Gasteiger partial charge < -0.3 is 20.0 Å². The quantitative estimate of drug-likeness (QED) is 0.705. The van der Waals surface area contributed by atoms with E-state index < -0.39 is 0 Å². The Labute approximate surface area is 163 Å². The molecule has 1 atom stereocenters. The summed E-state index contributed by atoms with van der Waals surface area (Å²) in [6.45, 7) is 5.14. The first-order valence-electron chi connectivity index (χ1n) is 9.33. The van der Waals surface area contributed by atoms with Gasteiger partial charge in [0, 0.05) is 36.2 Å². The number of nitrogens with zero attached hydrogens (tertiary/aromatic N) is 4. The van der Waals surface area contributed by atoms with Crippen molar-refractivity contribution in [3.8, 4) is 11.3 Å². The van der Waals surface area contributed by atoms with E-state index in [1.807, 2.05) is 42.2 Å². The Morgan fingerprint density at radius 1 is 1.32 bits per heavy atom. The molecule has 4 rings (SSSR count). The van der Waals surface area contributed by atoms with E-state index in [4.69, 9.17) is 4.42 Å². The number of nitrogens with one attached hydrogen (secondary N) is 2. The minimum Gasteiger partial charge on any atom is -0.423 e. The van der Waals surface area contributed by atoms with Gasteiger partial charge in [0.1, 0.15) is 6.04 Å². The lowest BCUT2D eigenvalue weighted by atomic mass is 10.1. The van der Waals surface area contributed by atoms with E-state index in [9.17, 15) is 4.79 Å². The number of oxazole rings is 1. The molecule has 3 aromatic rings. The van der Waals surface area contributed by atoms with E-state index in [0.717, 1.165) is 23.4 Å². The van der Waals surface area contributed by atoms with Crippen molar-refractivity contribution in [2.75, 3.05) is 23.3 Å². The monoisotopic (exact) mass is 378 g/mol. The van der Waals surface area contributed by atoms with Crippen molar-refractivity contribution < 1.29 is 9.21 Å². The number of hydrogen-bond donors (Lipinski definition) is 2. The molecule has 1 fully saturated rings. The summed E-state index contributed by atoms with van der Waals surface area (Å²) in [5, 5.41) is 6.06. The average molecular weight is 378 g/mol. The molecule has 0 aliphatic carbocycles. The van der Waals surface area contributed by atoms with Gasteiger partial charge in [-0.2, -0.15) is 0 Å². The van der Waals surface area contributed by atoms with Crippen molar-refractivity contribution in [3.63, 3.8) is 0 Å². The molecule has 1 aromatic carbocycles. The van der Waals surface area contributed by atoms with E-state index >= 15 is 0 Å². The molecule has 2 N–H and O–H groups in total. The van der Waals surface area contributed by atoms with Gasteiger partial charge in [-0.1, -0.05) is 19.1 Å². The fourth-order valence-electron chi connectivity index (χ4n) is 3.11. The second-order valence-corrected chi connectivity index (χ2v) is 6.60. The Hall–Kier alpha value is -3.42. The van der Waals surface area contributed by atoms with Crippen LogP contribution in [0.4, 0.5) is 17.7 Å². The lowest BCUT2D eigenvalue weighted by Gasteiger charge is -2.31. The Morgan fingerprint density at radius 2 is 2.21 bits per heavy atom. The summed E-state index contributed by atoms with van der Waals surface area (Å²) in [6.07, 6.45) is 4.28. The third-order valence-electron chi connectivity index (χ3n) is 4.72. The van der Waals surface area contributed by atoms with Crippen molar-refractivity contribution in [1.82, 2.24) is 20.3 Å². The van der Waals surface area contributed by atoms with Gasteiger partial charge in [0.25, 0.3) is 6.01 Å². The van der Waals surface area contributed by atoms with Crippen LogP contribution in [0.15, 0.2) is 47.1 Å². The number of hydrogen-bond acceptors (Lipinski definition) is 7. The number of rotatable bonds is 5. The van der Waals surface area contributed by atoms with Crippen molar-refractivity contribution in [2.24, 2.45) is 0 Å². The fraction of sp³-hybridized carbons (Fsp3) is 0.300. The molecule has 8 nitrogen and oxygen atoms in total. The molecule has 28 heavy (non-hydrogen) atoms. The van der Waals surface area contributed by atoms with Gasteiger partial charge in [0.15, 0.2) is 5.76 Å². The molecule has 1 amide bonds. The first-order valence-corrected chi connectivity index (χ1v) is 9.33. The van der Waals surface area contributed by atoms with Crippen molar-refractivity contribution in [3.05, 3.63) is 48.4 Å². The second kappa shape index (κ2) is 7.67. The molecular formula is C20H22N6O2. The van der Waals surface area contributed by atoms with Crippen LogP contribution in [-0.2, 0) is 11.2 Å². The van der Waals surface area contributed by atoms with Gasteiger partial charge in [0.2, 0.25) is 11.9 Å². The summed E-state index contributed by atoms with van der Waals surface area (Å²) in [5.74, 6) is 1.18. The van der Waals surface area contributed by atoms with E-state index in [-0.39, 0.29) is 11.9 Å². The zero-order valence-electron chi connectivity index (χ0n) is 15.8. The van der Waals surface area contributed by atoms with Gasteiger partial charge in [-0.15, -0.1) is 0 Å². The minimum absolute atomic E-state index is 0.0218. The molecule has 2 aromatic heterocycles. The predicted molar refractivity (Wildman–Crippen MR) is 106 cm³/mol. The van der Waals surface area contributed by atoms with Crippen LogP contribution in [0, 0.1) is 0 Å². The SMILES string of the molecule is CCc1ccnc(Nc2cccc(-c3cnc(N4CCNC(=O)C4C)o3)c2)n1. The van der Waals surface area contributed by atoms with Crippen LogP contribution in [0.5, 0.6) is 0 Å². The number of aromatic nitrogens is 3. The summed E-state index contributed by atoms with van der Waals surface area (Å²) >= 11 is 0. The van der Waals surface area contributed by atoms with Crippen LogP contribution < -0.4 is 15.5 Å². The summed E-state index contributed by atoms with van der Waals surface area (Å²) in [4.78, 5) is 26.8. The zero-order chi connectivity index (χ0) is 19.5. The lowest BCUT2D eigenvalue weighted by molar-refractivity contribution is -0.123. The molecule has 1 saturated heterocycles. The summed E-state index contributed by atoms with van der Waals surface area (Å²) < 4.78 is 5.95. The minimum atomic E-state index is -0.309. The number of anilines is 3. The van der Waals surface area contributed by atoms with Crippen LogP contribution in [0.3, 0.4) is 0 Å². The number of aryl methyl sites for hydroxylation is 1. The molecular weight excluding hydrogens is 356 g/mol. The Morgan fingerprint density at radius 3 is 3.07 bits per heavy atom. The van der Waals surface area contributed by atoms with Gasteiger partial charge in [-0.25, -0.2) is 15.0 Å². The van der Waals surface area contributed by atoms with Gasteiger partial charge in [-0.05, 0) is 31.5 Å². The standard InChI is InChI=1S/C20H22N6O2/c1-3-15-7-8-22-19(24-15)25-16-6-4-5-14(11-16)17-12-23-20(28-17)26-10-9-21-18(27)13(26)2/h4-8,11-13H,3,9-10H2,1-2H3,(H,21,27)(H,22,24,25). The molecule has 144 valence electrons. The molecule has 0 bridgehead atoms. The largest absolute Gasteiger partial charge is 0.423 e. The number of benzene rings is 1. The van der Waals surface area contributed by atoms with Crippen LogP contribution in [0.25, 0.3) is 11.3 Å². The first kappa shape index (κ1) is 18.0. The first-order chi connectivity index (χ1) is 13.6. The Bertz CT molecular complexity index is 986. The van der Waals surface area contributed by atoms with E-state index in [1.165, 1.54) is 0 Å². The highest BCUT2D eigenvalue weighted by Crippen LogP contribution is 2.28. The highest BCUT2D eigenvalue weighted by Gasteiger charge is 2.28. The van der Waals surface area contributed by atoms with E-state index in [1.54, 1.807) is 12.4 Å². The predicted octanol–water partition coefficient (Wildman–Crippen LogP) is 2.76. The molecule has 3 heterocycles. The smallest absolute Gasteiger partial charge is 0.298 e. The van der Waals surface area contributed by atoms with Crippen molar-refractivity contribution >= 4 is 23.6 Å². The highest BCUT2D eigenvalue weighted by molar-refractivity contribution is 5.85. The molecule has 1 unspecified atom stereocenters. The van der Waals surface area contributed by atoms with Crippen LogP contribution >= 0.6 is 0 Å². The summed E-state index contributed by atoms with van der Waals surface area (Å²) in [5.41, 5.74) is 2.71. The molecule has 1 aliphatic rings. The van der Waals surface area contributed by atoms with Gasteiger partial charge >= 0.3 is 0 Å². The molecule has 0 spiro atoms. The molecule has 0 radical (unpaired) electrons. The summed E-state index contributed by atoms with van der Waals surface area (Å²) in [7, 11) is 0. The topological polar surface area (TPSA) is 96.2 Å². The third-order valence-corrected chi connectivity index (χ3v) is 4.72. The Kier molecular flexibility index (Phi) is 4.92. The Balaban J connectivity index is 1.55. The van der Waals surface area contributed by atoms with Gasteiger partial charge in [0.05, 0.1) is 6.20 Å². The number of carbonyl (C=O) groups is 1. The zero-order valence-corrected chi connectivity index (χ0v) is 15.8. The molecule has 8 heteroatoms. The molecule has 1 aliphatic heterocycles. The second-order valence-electron chi connectivity index (χ2n) is 6.60. The molecule has 0 saturated carbocycles. The van der Waals surface area contributed by atoms with Crippen molar-refractivity contribution in [1.29, 1.82) is 0 Å². The van der Waals surface area contributed by atoms with Crippen LogP contribution in [0.1, 0.15) is 19.5 Å². The van der Waals surface area contributed by atoms with E-state index in [2.05, 4.69) is 32.5 Å². The van der Waals surface area contributed by atoms with Crippen LogP contribution in [-0.4, -0.2) is 40.0 Å². The van der Waals surface area contributed by atoms with Crippen molar-refractivity contribution in [2.45, 2.75) is 26.3 Å². The third kappa shape index (κ3) is 3.66. The maximum absolute atomic E-state index is 11.9. The van der Waals surface area contributed by atoms with Gasteiger partial charge in [-0.3, -0.25) is 4.79 Å². The van der Waals surface area contributed by atoms with E-state index in [0.29, 0.717) is 30.8 Å². The number of carbonyl (C=O) groups excluding carboxylic acids is 1. The number of piperazine rings is 1. The fourth-order valence-corrected chi connectivity index (χ4v) is 3.11. The maximum atomic E-state index is 11.9. The maximum Gasteiger partial charge on any atom is 0.298 e. The number of amides is 1. The normalized spacial score (nSPS) is 16.7. The summed E-state index contributed by atoms with van der Waals surface area (Å²) in [6, 6.07) is 9.83. The highest BCUT2D eigenvalue weighted by atomic mass is 16.4. The van der Waals surface area contributed by atoms with Crippen LogP contribution in [0.2, 0.25) is 0 Å².